The van der Waals surface area contributed by atoms with Crippen LogP contribution in [-0.2, 0) is 4.79 Å². The summed E-state index contributed by atoms with van der Waals surface area (Å²) in [5.41, 5.74) is 0.714. The summed E-state index contributed by atoms with van der Waals surface area (Å²) in [6, 6.07) is 9.29. The van der Waals surface area contributed by atoms with Gasteiger partial charge in [-0.3, -0.25) is 14.4 Å². The lowest BCUT2D eigenvalue weighted by atomic mass is 10.0. The van der Waals surface area contributed by atoms with Crippen molar-refractivity contribution in [3.05, 3.63) is 68.0 Å². The number of carboxylic acids is 1. The van der Waals surface area contributed by atoms with Crippen LogP contribution in [0.2, 0.25) is 0 Å². The van der Waals surface area contributed by atoms with Crippen LogP contribution in [0.4, 0.5) is 0 Å². The van der Waals surface area contributed by atoms with Crippen LogP contribution in [0.5, 0.6) is 0 Å². The Bertz CT molecular complexity index is 801. The molecule has 2 rings (SSSR count). The van der Waals surface area contributed by atoms with E-state index in [1.807, 2.05) is 0 Å². The number of aryl methyl sites for hydroxylation is 1. The molecule has 120 valence electrons. The zero-order chi connectivity index (χ0) is 17.0. The first-order chi connectivity index (χ1) is 10.9. The van der Waals surface area contributed by atoms with Gasteiger partial charge in [0.05, 0.1) is 12.5 Å². The molecule has 0 aliphatic heterocycles. The summed E-state index contributed by atoms with van der Waals surface area (Å²) in [5, 5.41) is 11.7. The molecule has 1 heterocycles. The molecule has 1 aromatic heterocycles. The fraction of sp³-hybridized carbons (Fsp3) is 0.188. The molecule has 7 heteroatoms. The number of hydrogen-bond acceptors (Lipinski definition) is 3. The topological polar surface area (TPSA) is 99.3 Å². The highest BCUT2D eigenvalue weighted by molar-refractivity contribution is 9.10. The van der Waals surface area contributed by atoms with E-state index in [4.69, 9.17) is 5.11 Å². The van der Waals surface area contributed by atoms with Crippen molar-refractivity contribution in [1.29, 1.82) is 0 Å². The van der Waals surface area contributed by atoms with Gasteiger partial charge in [-0.2, -0.15) is 0 Å². The van der Waals surface area contributed by atoms with Gasteiger partial charge in [-0.1, -0.05) is 28.1 Å². The Labute approximate surface area is 140 Å². The molecule has 1 unspecified atom stereocenters. The van der Waals surface area contributed by atoms with E-state index in [1.165, 1.54) is 6.07 Å². The van der Waals surface area contributed by atoms with Crippen molar-refractivity contribution >= 4 is 27.8 Å². The molecule has 0 saturated carbocycles. The second-order valence-electron chi connectivity index (χ2n) is 5.06. The number of carboxylic acid groups (broad SMARTS) is 1. The summed E-state index contributed by atoms with van der Waals surface area (Å²) in [6.07, 6.45) is -0.286. The molecule has 2 aromatic rings. The minimum atomic E-state index is -1.05. The molecule has 1 amide bonds. The van der Waals surface area contributed by atoms with Gasteiger partial charge in [-0.05, 0) is 36.8 Å². The van der Waals surface area contributed by atoms with Crippen molar-refractivity contribution < 1.29 is 14.7 Å². The molecule has 0 bridgehead atoms. The third-order valence-corrected chi connectivity index (χ3v) is 3.73. The van der Waals surface area contributed by atoms with Gasteiger partial charge in [0.15, 0.2) is 0 Å². The first-order valence-electron chi connectivity index (χ1n) is 6.85. The number of H-pyrrole nitrogens is 1. The number of amides is 1. The summed E-state index contributed by atoms with van der Waals surface area (Å²) in [5.74, 6) is -1.66. The molecule has 1 atom stereocenters. The van der Waals surface area contributed by atoms with Crippen LogP contribution in [0.15, 0.2) is 45.7 Å². The summed E-state index contributed by atoms with van der Waals surface area (Å²) >= 11 is 3.31. The van der Waals surface area contributed by atoms with Crippen LogP contribution in [0.25, 0.3) is 0 Å². The monoisotopic (exact) mass is 378 g/mol. The molecule has 0 saturated heterocycles. The highest BCUT2D eigenvalue weighted by Crippen LogP contribution is 2.21. The quantitative estimate of drug-likeness (QED) is 0.743. The Balaban J connectivity index is 2.28. The van der Waals surface area contributed by atoms with E-state index < -0.39 is 23.5 Å². The third-order valence-electron chi connectivity index (χ3n) is 3.24. The van der Waals surface area contributed by atoms with Crippen LogP contribution in [-0.4, -0.2) is 22.0 Å². The molecule has 3 N–H and O–H groups in total. The number of halogens is 1. The van der Waals surface area contributed by atoms with Crippen LogP contribution in [0.3, 0.4) is 0 Å². The van der Waals surface area contributed by atoms with Gasteiger partial charge in [0, 0.05) is 10.2 Å². The number of carbonyl (C=O) groups is 2. The number of aromatic amines is 1. The lowest BCUT2D eigenvalue weighted by molar-refractivity contribution is -0.137. The molecule has 0 aliphatic rings. The number of nitrogens with one attached hydrogen (secondary N) is 2. The van der Waals surface area contributed by atoms with E-state index in [2.05, 4.69) is 26.2 Å². The largest absolute Gasteiger partial charge is 0.481 e. The highest BCUT2D eigenvalue weighted by atomic mass is 79.9. The molecular weight excluding hydrogens is 364 g/mol. The van der Waals surface area contributed by atoms with E-state index >= 15 is 0 Å². The lowest BCUT2D eigenvalue weighted by Crippen LogP contribution is -2.34. The van der Waals surface area contributed by atoms with Gasteiger partial charge >= 0.3 is 5.97 Å². The third kappa shape index (κ3) is 4.53. The first-order valence-corrected chi connectivity index (χ1v) is 7.64. The Kier molecular flexibility index (Phi) is 5.33. The Hall–Kier alpha value is -2.41. The highest BCUT2D eigenvalue weighted by Gasteiger charge is 2.20. The molecule has 0 spiro atoms. The zero-order valence-corrected chi connectivity index (χ0v) is 13.9. The Morgan fingerprint density at radius 3 is 2.65 bits per heavy atom. The van der Waals surface area contributed by atoms with Gasteiger partial charge in [-0.15, -0.1) is 0 Å². The van der Waals surface area contributed by atoms with E-state index in [0.29, 0.717) is 11.3 Å². The number of carbonyl (C=O) groups excluding carboxylic acids is 1. The van der Waals surface area contributed by atoms with Crippen molar-refractivity contribution in [3.8, 4) is 0 Å². The van der Waals surface area contributed by atoms with E-state index in [-0.39, 0.29) is 12.0 Å². The van der Waals surface area contributed by atoms with Crippen molar-refractivity contribution in [3.63, 3.8) is 0 Å². The van der Waals surface area contributed by atoms with Crippen LogP contribution in [0.1, 0.15) is 34.1 Å². The number of aromatic nitrogens is 1. The standard InChI is InChI=1S/C16H15BrN2O4/c1-9-5-6-12(15(22)18-9)16(23)19-13(8-14(20)21)10-3-2-4-11(17)7-10/h2-7,13H,8H2,1H3,(H,18,22)(H,19,23)(H,20,21). The van der Waals surface area contributed by atoms with Crippen molar-refractivity contribution in [2.45, 2.75) is 19.4 Å². The molecule has 23 heavy (non-hydrogen) atoms. The predicted molar refractivity (Wildman–Crippen MR) is 88.4 cm³/mol. The number of benzene rings is 1. The van der Waals surface area contributed by atoms with E-state index in [0.717, 1.165) is 4.47 Å². The van der Waals surface area contributed by atoms with E-state index in [1.54, 1.807) is 37.3 Å². The summed E-state index contributed by atoms with van der Waals surface area (Å²) in [4.78, 5) is 37.7. The second kappa shape index (κ2) is 7.23. The summed E-state index contributed by atoms with van der Waals surface area (Å²) < 4.78 is 0.771. The maximum absolute atomic E-state index is 12.3. The van der Waals surface area contributed by atoms with Crippen LogP contribution in [0, 0.1) is 6.92 Å². The smallest absolute Gasteiger partial charge is 0.305 e. The number of rotatable bonds is 5. The van der Waals surface area contributed by atoms with Gasteiger partial charge in [-0.25, -0.2) is 0 Å². The molecule has 0 fully saturated rings. The van der Waals surface area contributed by atoms with Gasteiger partial charge in [0.2, 0.25) is 0 Å². The van der Waals surface area contributed by atoms with Gasteiger partial charge < -0.3 is 15.4 Å². The fourth-order valence-corrected chi connectivity index (χ4v) is 2.55. The molecule has 0 radical (unpaired) electrons. The molecule has 0 aliphatic carbocycles. The molecule has 1 aromatic carbocycles. The maximum Gasteiger partial charge on any atom is 0.305 e. The number of hydrogen-bond donors (Lipinski definition) is 3. The molecular formula is C16H15BrN2O4. The van der Waals surface area contributed by atoms with Gasteiger partial charge in [0.1, 0.15) is 5.56 Å². The predicted octanol–water partition coefficient (Wildman–Crippen LogP) is 2.39. The minimum Gasteiger partial charge on any atom is -0.481 e. The minimum absolute atomic E-state index is 0.0546. The summed E-state index contributed by atoms with van der Waals surface area (Å²) in [6.45, 7) is 1.71. The number of pyridine rings is 1. The SMILES string of the molecule is Cc1ccc(C(=O)NC(CC(=O)O)c2cccc(Br)c2)c(=O)[nH]1. The van der Waals surface area contributed by atoms with E-state index in [9.17, 15) is 14.4 Å². The normalized spacial score (nSPS) is 11.7. The van der Waals surface area contributed by atoms with Crippen molar-refractivity contribution in [1.82, 2.24) is 10.3 Å². The van der Waals surface area contributed by atoms with Crippen LogP contribution < -0.4 is 10.9 Å². The zero-order valence-electron chi connectivity index (χ0n) is 12.3. The summed E-state index contributed by atoms with van der Waals surface area (Å²) in [7, 11) is 0. The maximum atomic E-state index is 12.3. The number of aliphatic carboxylic acids is 1. The second-order valence-corrected chi connectivity index (χ2v) is 5.98. The Morgan fingerprint density at radius 2 is 2.04 bits per heavy atom. The fourth-order valence-electron chi connectivity index (χ4n) is 2.14. The van der Waals surface area contributed by atoms with Crippen molar-refractivity contribution in [2.75, 3.05) is 0 Å². The van der Waals surface area contributed by atoms with Crippen molar-refractivity contribution in [2.24, 2.45) is 0 Å². The average Bonchev–Trinajstić information content (AvgIpc) is 2.45. The lowest BCUT2D eigenvalue weighted by Gasteiger charge is -2.17. The average molecular weight is 379 g/mol. The van der Waals surface area contributed by atoms with Crippen LogP contribution >= 0.6 is 15.9 Å². The first kappa shape index (κ1) is 17.0. The van der Waals surface area contributed by atoms with Gasteiger partial charge in [0.25, 0.3) is 11.5 Å². The Morgan fingerprint density at radius 1 is 1.30 bits per heavy atom. The molecule has 6 nitrogen and oxygen atoms in total.